The zero-order valence-corrected chi connectivity index (χ0v) is 7.68. The molecule has 0 heterocycles. The van der Waals surface area contributed by atoms with Gasteiger partial charge in [-0.25, -0.2) is 9.18 Å². The third kappa shape index (κ3) is 1.83. The number of carboxylic acids is 1. The van der Waals surface area contributed by atoms with Gasteiger partial charge in [-0.05, 0) is 17.7 Å². The van der Waals surface area contributed by atoms with Crippen LogP contribution >= 0.6 is 11.6 Å². The molecule has 0 aromatic heterocycles. The molecule has 72 valence electrons. The first-order chi connectivity index (χ1) is 6.60. The van der Waals surface area contributed by atoms with Gasteiger partial charge >= 0.3 is 5.97 Å². The van der Waals surface area contributed by atoms with Crippen LogP contribution in [-0.4, -0.2) is 11.1 Å². The zero-order chi connectivity index (χ0) is 10.7. The van der Waals surface area contributed by atoms with Crippen LogP contribution in [-0.2, 0) is 5.88 Å². The van der Waals surface area contributed by atoms with E-state index in [0.717, 1.165) is 12.1 Å². The fourth-order valence-electron chi connectivity index (χ4n) is 0.993. The lowest BCUT2D eigenvalue weighted by atomic mass is 10.1. The largest absolute Gasteiger partial charge is 0.478 e. The summed E-state index contributed by atoms with van der Waals surface area (Å²) in [6, 6.07) is 3.70. The van der Waals surface area contributed by atoms with Crippen LogP contribution < -0.4 is 0 Å². The molecule has 5 heteroatoms. The fourth-order valence-corrected chi connectivity index (χ4v) is 1.21. The third-order valence-electron chi connectivity index (χ3n) is 1.69. The van der Waals surface area contributed by atoms with Crippen molar-refractivity contribution in [2.45, 2.75) is 5.88 Å². The van der Waals surface area contributed by atoms with E-state index in [4.69, 9.17) is 22.0 Å². The molecule has 0 radical (unpaired) electrons. The Kier molecular flexibility index (Phi) is 3.05. The van der Waals surface area contributed by atoms with Crippen LogP contribution in [0.2, 0.25) is 0 Å². The molecular formula is C9H5ClFNO2. The smallest absolute Gasteiger partial charge is 0.338 e. The van der Waals surface area contributed by atoms with E-state index in [9.17, 15) is 9.18 Å². The number of hydrogen-bond donors (Lipinski definition) is 1. The van der Waals surface area contributed by atoms with E-state index in [1.54, 1.807) is 6.07 Å². The van der Waals surface area contributed by atoms with Crippen molar-refractivity contribution in [3.63, 3.8) is 0 Å². The Morgan fingerprint density at radius 1 is 1.64 bits per heavy atom. The molecule has 0 atom stereocenters. The lowest BCUT2D eigenvalue weighted by Crippen LogP contribution is -2.03. The van der Waals surface area contributed by atoms with Crippen LogP contribution in [0.4, 0.5) is 4.39 Å². The zero-order valence-electron chi connectivity index (χ0n) is 6.92. The van der Waals surface area contributed by atoms with Crippen LogP contribution in [0.25, 0.3) is 0 Å². The topological polar surface area (TPSA) is 61.1 Å². The van der Waals surface area contributed by atoms with Crippen LogP contribution in [0, 0.1) is 17.1 Å². The monoisotopic (exact) mass is 213 g/mol. The predicted octanol–water partition coefficient (Wildman–Crippen LogP) is 2.13. The molecule has 1 N–H and O–H groups in total. The standard InChI is InChI=1S/C9H5ClFNO2/c10-3-5-2-8(11)7(9(13)14)1-6(5)4-12/h1-2H,3H2,(H,13,14). The Morgan fingerprint density at radius 2 is 2.29 bits per heavy atom. The highest BCUT2D eigenvalue weighted by Crippen LogP contribution is 2.17. The first-order valence-corrected chi connectivity index (χ1v) is 4.15. The second-order valence-corrected chi connectivity index (χ2v) is 2.81. The minimum Gasteiger partial charge on any atom is -0.478 e. The highest BCUT2D eigenvalue weighted by atomic mass is 35.5. The van der Waals surface area contributed by atoms with E-state index in [0.29, 0.717) is 0 Å². The van der Waals surface area contributed by atoms with E-state index in [1.807, 2.05) is 0 Å². The number of halogens is 2. The number of nitriles is 1. The highest BCUT2D eigenvalue weighted by molar-refractivity contribution is 6.17. The second kappa shape index (κ2) is 4.07. The Morgan fingerprint density at radius 3 is 2.71 bits per heavy atom. The predicted molar refractivity (Wildman–Crippen MR) is 47.6 cm³/mol. The van der Waals surface area contributed by atoms with E-state index >= 15 is 0 Å². The summed E-state index contributed by atoms with van der Waals surface area (Å²) in [4.78, 5) is 10.5. The number of aromatic carboxylic acids is 1. The average Bonchev–Trinajstić information content (AvgIpc) is 2.16. The summed E-state index contributed by atoms with van der Waals surface area (Å²) in [6.45, 7) is 0. The molecule has 0 fully saturated rings. The van der Waals surface area contributed by atoms with Gasteiger partial charge in [-0.15, -0.1) is 11.6 Å². The SMILES string of the molecule is N#Cc1cc(C(=O)O)c(F)cc1CCl. The first kappa shape index (κ1) is 10.5. The molecule has 14 heavy (non-hydrogen) atoms. The van der Waals surface area contributed by atoms with Crippen molar-refractivity contribution >= 4 is 17.6 Å². The summed E-state index contributed by atoms with van der Waals surface area (Å²) in [7, 11) is 0. The fraction of sp³-hybridized carbons (Fsp3) is 0.111. The molecular weight excluding hydrogens is 209 g/mol. The second-order valence-electron chi connectivity index (χ2n) is 2.54. The van der Waals surface area contributed by atoms with Crippen LogP contribution in [0.3, 0.4) is 0 Å². The van der Waals surface area contributed by atoms with Crippen molar-refractivity contribution in [1.29, 1.82) is 5.26 Å². The summed E-state index contributed by atoms with van der Waals surface area (Å²) in [6.07, 6.45) is 0. The summed E-state index contributed by atoms with van der Waals surface area (Å²) < 4.78 is 13.1. The Balaban J connectivity index is 3.40. The van der Waals surface area contributed by atoms with E-state index in [2.05, 4.69) is 0 Å². The minimum absolute atomic E-state index is 0.0281. The van der Waals surface area contributed by atoms with Gasteiger partial charge in [0.05, 0.1) is 17.2 Å². The normalized spacial score (nSPS) is 9.50. The maximum absolute atomic E-state index is 13.1. The summed E-state index contributed by atoms with van der Waals surface area (Å²) in [5, 5.41) is 17.2. The first-order valence-electron chi connectivity index (χ1n) is 3.62. The third-order valence-corrected chi connectivity index (χ3v) is 1.98. The maximum atomic E-state index is 13.1. The molecule has 0 bridgehead atoms. The molecule has 0 aliphatic rings. The van der Waals surface area contributed by atoms with Crippen LogP contribution in [0.1, 0.15) is 21.5 Å². The molecule has 0 amide bonds. The molecule has 3 nitrogen and oxygen atoms in total. The molecule has 1 aromatic carbocycles. The van der Waals surface area contributed by atoms with Gasteiger partial charge in [-0.1, -0.05) is 0 Å². The van der Waals surface area contributed by atoms with Gasteiger partial charge in [0.15, 0.2) is 0 Å². The van der Waals surface area contributed by atoms with E-state index in [1.165, 1.54) is 0 Å². The molecule has 0 unspecified atom stereocenters. The summed E-state index contributed by atoms with van der Waals surface area (Å²) in [5.74, 6) is -2.31. The lowest BCUT2D eigenvalue weighted by Gasteiger charge is -2.02. The number of alkyl halides is 1. The number of carbonyl (C=O) groups is 1. The Hall–Kier alpha value is -1.60. The van der Waals surface area contributed by atoms with Crippen molar-refractivity contribution in [3.8, 4) is 6.07 Å². The summed E-state index contributed by atoms with van der Waals surface area (Å²) >= 11 is 5.45. The van der Waals surface area contributed by atoms with Crippen molar-refractivity contribution < 1.29 is 14.3 Å². The molecule has 0 aliphatic heterocycles. The van der Waals surface area contributed by atoms with Gasteiger partial charge < -0.3 is 5.11 Å². The van der Waals surface area contributed by atoms with E-state index in [-0.39, 0.29) is 17.0 Å². The molecule has 1 aromatic rings. The number of nitrogens with zero attached hydrogens (tertiary/aromatic N) is 1. The number of benzene rings is 1. The van der Waals surface area contributed by atoms with Crippen molar-refractivity contribution in [2.75, 3.05) is 0 Å². The Bertz CT molecular complexity index is 426. The van der Waals surface area contributed by atoms with Crippen LogP contribution in [0.15, 0.2) is 12.1 Å². The molecule has 0 saturated heterocycles. The molecule has 1 rings (SSSR count). The van der Waals surface area contributed by atoms with Gasteiger partial charge in [-0.3, -0.25) is 0 Å². The van der Waals surface area contributed by atoms with E-state index < -0.39 is 17.3 Å². The molecule has 0 aliphatic carbocycles. The van der Waals surface area contributed by atoms with Gasteiger partial charge in [0.1, 0.15) is 5.82 Å². The van der Waals surface area contributed by atoms with Gasteiger partial charge in [0.2, 0.25) is 0 Å². The van der Waals surface area contributed by atoms with Crippen LogP contribution in [0.5, 0.6) is 0 Å². The van der Waals surface area contributed by atoms with Gasteiger partial charge in [-0.2, -0.15) is 5.26 Å². The maximum Gasteiger partial charge on any atom is 0.338 e. The minimum atomic E-state index is -1.40. The van der Waals surface area contributed by atoms with Crippen molar-refractivity contribution in [3.05, 3.63) is 34.6 Å². The Labute approximate surface area is 84.3 Å². The highest BCUT2D eigenvalue weighted by Gasteiger charge is 2.14. The van der Waals surface area contributed by atoms with Crippen molar-refractivity contribution in [2.24, 2.45) is 0 Å². The lowest BCUT2D eigenvalue weighted by molar-refractivity contribution is 0.0692. The molecule has 0 saturated carbocycles. The average molecular weight is 214 g/mol. The van der Waals surface area contributed by atoms with Gasteiger partial charge in [0.25, 0.3) is 0 Å². The quantitative estimate of drug-likeness (QED) is 0.766. The number of carboxylic acid groups (broad SMARTS) is 1. The molecule has 0 spiro atoms. The number of hydrogen-bond acceptors (Lipinski definition) is 2. The number of rotatable bonds is 2. The van der Waals surface area contributed by atoms with Gasteiger partial charge in [0, 0.05) is 5.88 Å². The van der Waals surface area contributed by atoms with Crippen molar-refractivity contribution in [1.82, 2.24) is 0 Å². The summed E-state index contributed by atoms with van der Waals surface area (Å²) in [5.41, 5.74) is -0.147.